The maximum Gasteiger partial charge on any atom is 0.230 e. The maximum absolute atomic E-state index is 11.7. The third kappa shape index (κ3) is 5.65. The Bertz CT molecular complexity index is 387. The van der Waals surface area contributed by atoms with Crippen LogP contribution in [-0.4, -0.2) is 35.9 Å². The lowest BCUT2D eigenvalue weighted by atomic mass is 10.2. The predicted octanol–water partition coefficient (Wildman–Crippen LogP) is 1.64. The Kier molecular flexibility index (Phi) is 6.94. The van der Waals surface area contributed by atoms with Crippen LogP contribution >= 0.6 is 11.8 Å². The second-order valence-electron chi connectivity index (χ2n) is 4.56. The van der Waals surface area contributed by atoms with Crippen molar-refractivity contribution in [2.45, 2.75) is 39.5 Å². The third-order valence-corrected chi connectivity index (χ3v) is 3.78. The van der Waals surface area contributed by atoms with Crippen molar-refractivity contribution in [3.8, 4) is 0 Å². The fourth-order valence-electron chi connectivity index (χ4n) is 1.69. The Morgan fingerprint density at radius 2 is 2.21 bits per heavy atom. The molecule has 6 heteroatoms. The lowest BCUT2D eigenvalue weighted by molar-refractivity contribution is -0.118. The van der Waals surface area contributed by atoms with Crippen molar-refractivity contribution >= 4 is 17.7 Å². The molecule has 0 aromatic carbocycles. The molecule has 0 saturated heterocycles. The topological polar surface area (TPSA) is 67.2 Å². The number of nitrogens with one attached hydrogen (secondary N) is 2. The highest BCUT2D eigenvalue weighted by atomic mass is 32.2. The first-order valence-electron chi connectivity index (χ1n) is 6.54. The second kappa shape index (κ2) is 8.22. The summed E-state index contributed by atoms with van der Waals surface area (Å²) in [5.41, 5.74) is 2.00. The third-order valence-electron chi connectivity index (χ3n) is 2.82. The Morgan fingerprint density at radius 3 is 2.79 bits per heavy atom. The van der Waals surface area contributed by atoms with Crippen LogP contribution in [0.15, 0.2) is 4.52 Å². The van der Waals surface area contributed by atoms with E-state index in [-0.39, 0.29) is 5.91 Å². The van der Waals surface area contributed by atoms with Gasteiger partial charge in [-0.15, -0.1) is 11.8 Å². The van der Waals surface area contributed by atoms with Gasteiger partial charge in [-0.2, -0.15) is 0 Å². The molecule has 1 amide bonds. The lowest BCUT2D eigenvalue weighted by Gasteiger charge is -2.12. The highest BCUT2D eigenvalue weighted by Gasteiger charge is 2.10. The largest absolute Gasteiger partial charge is 0.361 e. The number of carbonyl (C=O) groups is 1. The van der Waals surface area contributed by atoms with Gasteiger partial charge in [0.15, 0.2) is 0 Å². The van der Waals surface area contributed by atoms with Crippen LogP contribution in [0.4, 0.5) is 0 Å². The van der Waals surface area contributed by atoms with Crippen molar-refractivity contribution in [1.82, 2.24) is 15.8 Å². The van der Waals surface area contributed by atoms with Crippen molar-refractivity contribution in [1.29, 1.82) is 0 Å². The van der Waals surface area contributed by atoms with Crippen LogP contribution in [0.2, 0.25) is 0 Å². The smallest absolute Gasteiger partial charge is 0.230 e. The summed E-state index contributed by atoms with van der Waals surface area (Å²) in [4.78, 5) is 11.7. The number of aryl methyl sites for hydroxylation is 2. The molecule has 1 rings (SSSR count). The van der Waals surface area contributed by atoms with Gasteiger partial charge in [-0.25, -0.2) is 0 Å². The molecule has 1 aromatic heterocycles. The van der Waals surface area contributed by atoms with Gasteiger partial charge in [0.25, 0.3) is 0 Å². The summed E-state index contributed by atoms with van der Waals surface area (Å²) in [7, 11) is 0. The highest BCUT2D eigenvalue weighted by Crippen LogP contribution is 2.19. The first-order valence-corrected chi connectivity index (χ1v) is 7.69. The van der Waals surface area contributed by atoms with Gasteiger partial charge < -0.3 is 15.2 Å². The molecule has 1 aromatic rings. The number of nitrogens with zero attached hydrogens (tertiary/aromatic N) is 1. The van der Waals surface area contributed by atoms with E-state index in [2.05, 4.69) is 29.6 Å². The molecular weight excluding hydrogens is 262 g/mol. The highest BCUT2D eigenvalue weighted by molar-refractivity contribution is 7.99. The predicted molar refractivity (Wildman–Crippen MR) is 78.3 cm³/mol. The number of aromatic nitrogens is 1. The van der Waals surface area contributed by atoms with Gasteiger partial charge in [0.1, 0.15) is 5.76 Å². The normalized spacial score (nSPS) is 12.4. The molecule has 19 heavy (non-hydrogen) atoms. The van der Waals surface area contributed by atoms with E-state index in [1.165, 1.54) is 0 Å². The van der Waals surface area contributed by atoms with Gasteiger partial charge in [0, 0.05) is 23.9 Å². The summed E-state index contributed by atoms with van der Waals surface area (Å²) in [6, 6.07) is 0.307. The average Bonchev–Trinajstić information content (AvgIpc) is 2.68. The summed E-state index contributed by atoms with van der Waals surface area (Å²) < 4.78 is 5.09. The number of rotatable bonds is 8. The number of hydrogen-bond donors (Lipinski definition) is 2. The zero-order chi connectivity index (χ0) is 14.3. The Morgan fingerprint density at radius 1 is 1.47 bits per heavy atom. The van der Waals surface area contributed by atoms with E-state index in [0.29, 0.717) is 18.3 Å². The summed E-state index contributed by atoms with van der Waals surface area (Å²) in [6.07, 6.45) is 0. The molecule has 0 saturated carbocycles. The van der Waals surface area contributed by atoms with Crippen LogP contribution in [0.5, 0.6) is 0 Å². The van der Waals surface area contributed by atoms with Gasteiger partial charge in [-0.1, -0.05) is 12.1 Å². The summed E-state index contributed by atoms with van der Waals surface area (Å²) in [6.45, 7) is 9.51. The molecule has 108 valence electrons. The summed E-state index contributed by atoms with van der Waals surface area (Å²) in [5, 5.41) is 10.1. The van der Waals surface area contributed by atoms with E-state index in [0.717, 1.165) is 29.3 Å². The molecule has 0 aliphatic heterocycles. The minimum absolute atomic E-state index is 0.0708. The van der Waals surface area contributed by atoms with E-state index >= 15 is 0 Å². The molecule has 1 heterocycles. The number of thioether (sulfide) groups is 1. The van der Waals surface area contributed by atoms with Crippen molar-refractivity contribution in [2.75, 3.05) is 18.8 Å². The molecule has 1 atom stereocenters. The minimum Gasteiger partial charge on any atom is -0.361 e. The molecule has 5 nitrogen and oxygen atoms in total. The van der Waals surface area contributed by atoms with Crippen LogP contribution in [0.25, 0.3) is 0 Å². The number of carbonyl (C=O) groups excluding carboxylic acids is 1. The first-order chi connectivity index (χ1) is 9.04. The van der Waals surface area contributed by atoms with E-state index in [9.17, 15) is 4.79 Å². The molecule has 0 bridgehead atoms. The molecule has 0 radical (unpaired) electrons. The quantitative estimate of drug-likeness (QED) is 0.760. The molecule has 0 spiro atoms. The van der Waals surface area contributed by atoms with Crippen LogP contribution in [-0.2, 0) is 10.5 Å². The Labute approximate surface area is 118 Å². The van der Waals surface area contributed by atoms with Crippen LogP contribution < -0.4 is 10.6 Å². The minimum atomic E-state index is 0.0708. The fourth-order valence-corrected chi connectivity index (χ4v) is 2.70. The zero-order valence-corrected chi connectivity index (χ0v) is 12.9. The van der Waals surface area contributed by atoms with Gasteiger partial charge in [-0.3, -0.25) is 4.79 Å². The summed E-state index contributed by atoms with van der Waals surface area (Å²) in [5.74, 6) is 2.13. The SMILES string of the molecule is CCN[C@H](C)CNC(=O)CSCc1c(C)noc1C. The summed E-state index contributed by atoms with van der Waals surface area (Å²) >= 11 is 1.58. The fraction of sp³-hybridized carbons (Fsp3) is 0.692. The lowest BCUT2D eigenvalue weighted by Crippen LogP contribution is -2.39. The number of hydrogen-bond acceptors (Lipinski definition) is 5. The molecule has 0 aliphatic carbocycles. The van der Waals surface area contributed by atoms with Gasteiger partial charge in [0.2, 0.25) is 5.91 Å². The van der Waals surface area contributed by atoms with Crippen molar-refractivity contribution < 1.29 is 9.32 Å². The van der Waals surface area contributed by atoms with Crippen molar-refractivity contribution in [3.63, 3.8) is 0 Å². The van der Waals surface area contributed by atoms with Crippen LogP contribution in [0.1, 0.15) is 30.9 Å². The first kappa shape index (κ1) is 16.0. The van der Waals surface area contributed by atoms with Crippen LogP contribution in [0, 0.1) is 13.8 Å². The van der Waals surface area contributed by atoms with Gasteiger partial charge >= 0.3 is 0 Å². The number of amides is 1. The molecule has 0 fully saturated rings. The number of likely N-dealkylation sites (N-methyl/N-ethyl adjacent to an activating group) is 1. The standard InChI is InChI=1S/C13H23N3O2S/c1-5-14-9(2)6-15-13(17)8-19-7-12-10(3)16-18-11(12)4/h9,14H,5-8H2,1-4H3,(H,15,17)/t9-/m1/s1. The monoisotopic (exact) mass is 285 g/mol. The Balaban J connectivity index is 2.21. The van der Waals surface area contributed by atoms with E-state index in [1.807, 2.05) is 13.8 Å². The maximum atomic E-state index is 11.7. The van der Waals surface area contributed by atoms with E-state index in [1.54, 1.807) is 11.8 Å². The van der Waals surface area contributed by atoms with Gasteiger partial charge in [-0.05, 0) is 27.3 Å². The van der Waals surface area contributed by atoms with Gasteiger partial charge in [0.05, 0.1) is 11.4 Å². The molecule has 0 unspecified atom stereocenters. The van der Waals surface area contributed by atoms with Crippen LogP contribution in [0.3, 0.4) is 0 Å². The van der Waals surface area contributed by atoms with E-state index in [4.69, 9.17) is 4.52 Å². The molecule has 0 aliphatic rings. The van der Waals surface area contributed by atoms with Crippen molar-refractivity contribution in [2.24, 2.45) is 0 Å². The molecule has 2 N–H and O–H groups in total. The van der Waals surface area contributed by atoms with Crippen molar-refractivity contribution in [3.05, 3.63) is 17.0 Å². The zero-order valence-electron chi connectivity index (χ0n) is 12.1. The Hall–Kier alpha value is -1.01. The second-order valence-corrected chi connectivity index (χ2v) is 5.54. The van der Waals surface area contributed by atoms with E-state index < -0.39 is 0 Å². The average molecular weight is 285 g/mol. The molecular formula is C13H23N3O2S.